The molecule has 0 aliphatic heterocycles. The van der Waals surface area contributed by atoms with Gasteiger partial charge in [-0.15, -0.1) is 0 Å². The highest BCUT2D eigenvalue weighted by Crippen LogP contribution is 2.23. The van der Waals surface area contributed by atoms with E-state index in [2.05, 4.69) is 0 Å². The topological polar surface area (TPSA) is 134 Å². The molecule has 8 nitrogen and oxygen atoms in total. The van der Waals surface area contributed by atoms with Gasteiger partial charge in [-0.25, -0.2) is 9.59 Å². The Morgan fingerprint density at radius 3 is 1.21 bits per heavy atom. The van der Waals surface area contributed by atoms with Gasteiger partial charge in [0.15, 0.2) is 0 Å². The van der Waals surface area contributed by atoms with Crippen molar-refractivity contribution in [3.8, 4) is 0 Å². The molecule has 0 saturated carbocycles. The van der Waals surface area contributed by atoms with Gasteiger partial charge in [-0.1, -0.05) is 13.8 Å². The molecule has 4 N–H and O–H groups in total. The van der Waals surface area contributed by atoms with E-state index in [1.54, 1.807) is 13.8 Å². The van der Waals surface area contributed by atoms with Crippen LogP contribution >= 0.6 is 0 Å². The number of carbonyl (C=O) groups excluding carboxylic acids is 2. The number of aliphatic hydroxyl groups is 4. The van der Waals surface area contributed by atoms with Crippen LogP contribution in [0.2, 0.25) is 0 Å². The molecule has 8 heteroatoms. The average Bonchev–Trinajstić information content (AvgIpc) is 2.76. The van der Waals surface area contributed by atoms with E-state index in [9.17, 15) is 30.0 Å². The van der Waals surface area contributed by atoms with Gasteiger partial charge in [0.1, 0.15) is 13.2 Å². The maximum absolute atomic E-state index is 12.1. The minimum absolute atomic E-state index is 0.124. The molecule has 0 radical (unpaired) electrons. The lowest BCUT2D eigenvalue weighted by Crippen LogP contribution is -2.35. The number of esters is 2. The van der Waals surface area contributed by atoms with Crippen LogP contribution < -0.4 is 0 Å². The molecule has 1 aromatic rings. The van der Waals surface area contributed by atoms with E-state index in [1.165, 1.54) is 24.3 Å². The number of carbonyl (C=O) groups is 2. The summed E-state index contributed by atoms with van der Waals surface area (Å²) in [5.41, 5.74) is -1.34. The highest BCUT2D eigenvalue weighted by atomic mass is 16.5. The summed E-state index contributed by atoms with van der Waals surface area (Å²) in [7, 11) is 0. The zero-order valence-electron chi connectivity index (χ0n) is 16.4. The van der Waals surface area contributed by atoms with Crippen molar-refractivity contribution < 1.29 is 39.5 Å². The van der Waals surface area contributed by atoms with Gasteiger partial charge in [0, 0.05) is 0 Å². The van der Waals surface area contributed by atoms with E-state index in [1.807, 2.05) is 0 Å². The van der Waals surface area contributed by atoms with Crippen molar-refractivity contribution >= 4 is 11.9 Å². The van der Waals surface area contributed by atoms with Crippen LogP contribution in [0.1, 0.15) is 47.4 Å². The number of hydrogen-bond donors (Lipinski definition) is 4. The van der Waals surface area contributed by atoms with Crippen LogP contribution in [-0.4, -0.2) is 72.0 Å². The second-order valence-electron chi connectivity index (χ2n) is 7.07. The number of hydrogen-bond acceptors (Lipinski definition) is 8. The summed E-state index contributed by atoms with van der Waals surface area (Å²) in [5, 5.41) is 37.5. The van der Waals surface area contributed by atoms with Crippen molar-refractivity contribution in [2.75, 3.05) is 39.6 Å². The van der Waals surface area contributed by atoms with Gasteiger partial charge in [-0.3, -0.25) is 0 Å². The van der Waals surface area contributed by atoms with Crippen molar-refractivity contribution in [1.29, 1.82) is 0 Å². The molecule has 0 fully saturated rings. The molecule has 1 aromatic carbocycles. The van der Waals surface area contributed by atoms with Crippen LogP contribution in [0.15, 0.2) is 24.3 Å². The van der Waals surface area contributed by atoms with E-state index >= 15 is 0 Å². The minimum atomic E-state index is -0.884. The maximum Gasteiger partial charge on any atom is 0.338 e. The lowest BCUT2D eigenvalue weighted by molar-refractivity contribution is -0.0186. The normalized spacial score (nSPS) is 11.9. The zero-order chi connectivity index (χ0) is 21.2. The summed E-state index contributed by atoms with van der Waals surface area (Å²) in [4.78, 5) is 24.3. The Balaban J connectivity index is 2.69. The van der Waals surface area contributed by atoms with Crippen LogP contribution in [0, 0.1) is 10.8 Å². The van der Waals surface area contributed by atoms with E-state index in [4.69, 9.17) is 9.47 Å². The van der Waals surface area contributed by atoms with Crippen LogP contribution in [0.4, 0.5) is 0 Å². The van der Waals surface area contributed by atoms with E-state index in [0.717, 1.165) is 0 Å². The lowest BCUT2D eigenvalue weighted by Gasteiger charge is -2.27. The first-order valence-electron chi connectivity index (χ1n) is 9.22. The molecular weight excluding hydrogens is 368 g/mol. The van der Waals surface area contributed by atoms with Crippen molar-refractivity contribution in [2.45, 2.75) is 26.7 Å². The molecule has 0 atom stereocenters. The highest BCUT2D eigenvalue weighted by molar-refractivity contribution is 5.93. The predicted octanol–water partition coefficient (Wildman–Crippen LogP) is 0.762. The smallest absolute Gasteiger partial charge is 0.338 e. The van der Waals surface area contributed by atoms with Crippen molar-refractivity contribution in [2.24, 2.45) is 10.8 Å². The Labute approximate surface area is 164 Å². The molecule has 0 aliphatic rings. The molecule has 0 bridgehead atoms. The summed E-state index contributed by atoms with van der Waals surface area (Å²) in [6.07, 6.45) is 0.887. The molecule has 0 amide bonds. The number of ether oxygens (including phenoxy) is 2. The molecule has 0 heterocycles. The van der Waals surface area contributed by atoms with E-state index in [0.29, 0.717) is 12.8 Å². The lowest BCUT2D eigenvalue weighted by atomic mass is 9.88. The third kappa shape index (κ3) is 6.00. The Morgan fingerprint density at radius 1 is 0.714 bits per heavy atom. The molecule has 1 rings (SSSR count). The quantitative estimate of drug-likeness (QED) is 0.379. The van der Waals surface area contributed by atoms with Crippen LogP contribution in [0.3, 0.4) is 0 Å². The molecule has 158 valence electrons. The van der Waals surface area contributed by atoms with Gasteiger partial charge in [0.25, 0.3) is 0 Å². The standard InChI is InChI=1S/C20H30O8/c1-3-19(9-21,10-22)13-27-17(25)15-5-7-16(8-6-15)18(26)28-14-20(4-2,11-23)12-24/h5-8,21-24H,3-4,9-14H2,1-2H3. The number of aliphatic hydroxyl groups excluding tert-OH is 4. The minimum Gasteiger partial charge on any atom is -0.461 e. The summed E-state index contributed by atoms with van der Waals surface area (Å²) < 4.78 is 10.3. The Bertz CT molecular complexity index is 546. The number of rotatable bonds is 12. The monoisotopic (exact) mass is 398 g/mol. The second-order valence-corrected chi connectivity index (χ2v) is 7.07. The Kier molecular flexibility index (Phi) is 9.54. The van der Waals surface area contributed by atoms with Crippen molar-refractivity contribution in [1.82, 2.24) is 0 Å². The van der Waals surface area contributed by atoms with Crippen LogP contribution in [0.25, 0.3) is 0 Å². The second kappa shape index (κ2) is 11.1. The predicted molar refractivity (Wildman–Crippen MR) is 101 cm³/mol. The summed E-state index contributed by atoms with van der Waals surface area (Å²) in [6, 6.07) is 5.65. The summed E-state index contributed by atoms with van der Waals surface area (Å²) in [6.45, 7) is 2.08. The molecule has 28 heavy (non-hydrogen) atoms. The summed E-state index contributed by atoms with van der Waals surface area (Å²) >= 11 is 0. The summed E-state index contributed by atoms with van der Waals surface area (Å²) in [5.74, 6) is -1.27. The third-order valence-electron chi connectivity index (χ3n) is 5.22. The number of benzene rings is 1. The first-order chi connectivity index (χ1) is 13.3. The molecule has 0 aromatic heterocycles. The maximum atomic E-state index is 12.1. The van der Waals surface area contributed by atoms with Crippen molar-refractivity contribution in [3.63, 3.8) is 0 Å². The van der Waals surface area contributed by atoms with Gasteiger partial charge in [0.05, 0.1) is 48.4 Å². The van der Waals surface area contributed by atoms with E-state index in [-0.39, 0.29) is 50.8 Å². The Morgan fingerprint density at radius 2 is 1.00 bits per heavy atom. The van der Waals surface area contributed by atoms with Gasteiger partial charge < -0.3 is 29.9 Å². The fourth-order valence-electron chi connectivity index (χ4n) is 2.28. The van der Waals surface area contributed by atoms with Gasteiger partial charge in [-0.05, 0) is 37.1 Å². The fraction of sp³-hybridized carbons (Fsp3) is 0.600. The molecule has 0 aliphatic carbocycles. The SMILES string of the molecule is CCC(CO)(CO)COC(=O)c1ccc(C(=O)OCC(CC)(CO)CO)cc1. The largest absolute Gasteiger partial charge is 0.461 e. The molecular formula is C20H30O8. The van der Waals surface area contributed by atoms with Gasteiger partial charge in [0.2, 0.25) is 0 Å². The first kappa shape index (κ1) is 24.0. The fourth-order valence-corrected chi connectivity index (χ4v) is 2.28. The first-order valence-corrected chi connectivity index (χ1v) is 9.22. The average molecular weight is 398 g/mol. The zero-order valence-corrected chi connectivity index (χ0v) is 16.4. The van der Waals surface area contributed by atoms with Gasteiger partial charge >= 0.3 is 11.9 Å². The highest BCUT2D eigenvalue weighted by Gasteiger charge is 2.30. The van der Waals surface area contributed by atoms with Gasteiger partial charge in [-0.2, -0.15) is 0 Å². The Hall–Kier alpha value is -2.00. The van der Waals surface area contributed by atoms with Crippen LogP contribution in [-0.2, 0) is 9.47 Å². The molecule has 0 saturated heterocycles. The molecule has 0 spiro atoms. The third-order valence-corrected chi connectivity index (χ3v) is 5.22. The van der Waals surface area contributed by atoms with E-state index < -0.39 is 22.8 Å². The molecule has 0 unspecified atom stereocenters. The van der Waals surface area contributed by atoms with Crippen molar-refractivity contribution in [3.05, 3.63) is 35.4 Å². The van der Waals surface area contributed by atoms with Crippen LogP contribution in [0.5, 0.6) is 0 Å².